The predicted octanol–water partition coefficient (Wildman–Crippen LogP) is 4.03. The molecule has 0 spiro atoms. The molecule has 10 nitrogen and oxygen atoms in total. The number of rotatable bonds is 8. The van der Waals surface area contributed by atoms with Crippen LogP contribution in [0.5, 0.6) is 0 Å². The van der Waals surface area contributed by atoms with Gasteiger partial charge in [-0.05, 0) is 50.5 Å². The van der Waals surface area contributed by atoms with Crippen LogP contribution in [0.25, 0.3) is 5.78 Å². The zero-order valence-electron chi connectivity index (χ0n) is 23.1. The minimum Gasteiger partial charge on any atom is -0.378 e. The van der Waals surface area contributed by atoms with Gasteiger partial charge in [0.15, 0.2) is 0 Å². The highest BCUT2D eigenvalue weighted by molar-refractivity contribution is 6.17. The minimum atomic E-state index is -4.36. The zero-order chi connectivity index (χ0) is 29.3. The number of amides is 1. The number of aliphatic hydroxyl groups is 1. The fourth-order valence-corrected chi connectivity index (χ4v) is 6.28. The number of aromatic nitrogens is 6. The van der Waals surface area contributed by atoms with Gasteiger partial charge in [0.05, 0.1) is 41.1 Å². The molecule has 5 rings (SSSR count). The maximum atomic E-state index is 13.4. The van der Waals surface area contributed by atoms with Gasteiger partial charge in [-0.1, -0.05) is 19.8 Å². The molecule has 1 saturated carbocycles. The fraction of sp³-hybridized carbons (Fsp3) is 0.667. The molecule has 1 aliphatic carbocycles. The lowest BCUT2D eigenvalue weighted by molar-refractivity contribution is -0.190. The minimum absolute atomic E-state index is 0.0122. The largest absolute Gasteiger partial charge is 0.393 e. The summed E-state index contributed by atoms with van der Waals surface area (Å²) in [5.74, 6) is -1.47. The Bertz CT molecular complexity index is 1350. The molecule has 2 aliphatic rings. The van der Waals surface area contributed by atoms with Crippen molar-refractivity contribution in [1.82, 2.24) is 40.0 Å². The summed E-state index contributed by atoms with van der Waals surface area (Å²) < 4.78 is 43.3. The normalized spacial score (nSPS) is 26.3. The van der Waals surface area contributed by atoms with Gasteiger partial charge in [0, 0.05) is 25.2 Å². The van der Waals surface area contributed by atoms with Crippen LogP contribution in [-0.2, 0) is 18.8 Å². The molecule has 4 heterocycles. The molecule has 0 radical (unpaired) electrons. The molecule has 2 fully saturated rings. The van der Waals surface area contributed by atoms with E-state index in [1.165, 1.54) is 4.52 Å². The molecule has 14 heteroatoms. The van der Waals surface area contributed by atoms with Crippen molar-refractivity contribution in [2.24, 2.45) is 23.7 Å². The Labute approximate surface area is 241 Å². The molecule has 0 bridgehead atoms. The summed E-state index contributed by atoms with van der Waals surface area (Å²) in [6.07, 6.45) is 1.65. The first-order chi connectivity index (χ1) is 19.6. The topological polar surface area (TPSA) is 122 Å². The van der Waals surface area contributed by atoms with Gasteiger partial charge in [0.2, 0.25) is 0 Å². The molecule has 1 unspecified atom stereocenters. The second-order valence-corrected chi connectivity index (χ2v) is 11.6. The summed E-state index contributed by atoms with van der Waals surface area (Å²) >= 11 is 6.18. The molecule has 1 saturated heterocycles. The molecular weight excluding hydrogens is 561 g/mol. The maximum absolute atomic E-state index is 13.4. The van der Waals surface area contributed by atoms with Crippen molar-refractivity contribution < 1.29 is 23.1 Å². The van der Waals surface area contributed by atoms with E-state index in [0.717, 1.165) is 25.7 Å². The number of alkyl halides is 4. The van der Waals surface area contributed by atoms with Crippen molar-refractivity contribution in [3.8, 4) is 0 Å². The zero-order valence-corrected chi connectivity index (χ0v) is 23.9. The number of carbonyl (C=O) groups excluding carboxylic acids is 1. The van der Waals surface area contributed by atoms with Gasteiger partial charge in [-0.15, -0.1) is 11.6 Å². The smallest absolute Gasteiger partial charge is 0.378 e. The molecule has 3 aromatic heterocycles. The molecule has 3 aromatic rings. The summed E-state index contributed by atoms with van der Waals surface area (Å²) in [7, 11) is 0. The monoisotopic (exact) mass is 596 g/mol. The van der Waals surface area contributed by atoms with Crippen molar-refractivity contribution >= 4 is 23.3 Å². The number of imidazole rings is 1. The van der Waals surface area contributed by atoms with Crippen LogP contribution in [0.15, 0.2) is 18.5 Å². The number of aryl methyl sites for hydroxylation is 1. The van der Waals surface area contributed by atoms with E-state index < -0.39 is 30.3 Å². The fourth-order valence-electron chi connectivity index (χ4n) is 6.06. The van der Waals surface area contributed by atoms with Crippen LogP contribution in [0, 0.1) is 23.7 Å². The Kier molecular flexibility index (Phi) is 8.86. The second kappa shape index (κ2) is 12.2. The van der Waals surface area contributed by atoms with Crippen molar-refractivity contribution in [2.45, 2.75) is 83.2 Å². The first kappa shape index (κ1) is 29.7. The van der Waals surface area contributed by atoms with E-state index in [4.69, 9.17) is 16.6 Å². The molecule has 1 aliphatic heterocycles. The molecule has 3 N–H and O–H groups in total. The van der Waals surface area contributed by atoms with Crippen molar-refractivity contribution in [2.75, 3.05) is 6.54 Å². The highest BCUT2D eigenvalue weighted by Crippen LogP contribution is 2.38. The van der Waals surface area contributed by atoms with Crippen molar-refractivity contribution in [3.63, 3.8) is 0 Å². The summed E-state index contributed by atoms with van der Waals surface area (Å²) in [5.41, 5.74) is 1.88. The van der Waals surface area contributed by atoms with Gasteiger partial charge in [0.25, 0.3) is 11.7 Å². The first-order valence-corrected chi connectivity index (χ1v) is 14.7. The molecular formula is C27H36ClF3N8O2. The Balaban J connectivity index is 1.44. The summed E-state index contributed by atoms with van der Waals surface area (Å²) in [6.45, 7) is 4.38. The van der Waals surface area contributed by atoms with Crippen LogP contribution in [0.2, 0.25) is 0 Å². The predicted molar refractivity (Wildman–Crippen MR) is 145 cm³/mol. The third kappa shape index (κ3) is 6.51. The van der Waals surface area contributed by atoms with E-state index in [9.17, 15) is 23.1 Å². The van der Waals surface area contributed by atoms with Crippen LogP contribution < -0.4 is 10.6 Å². The number of fused-ring (bicyclic) bond motifs is 1. The van der Waals surface area contributed by atoms with Gasteiger partial charge in [-0.3, -0.25) is 14.8 Å². The summed E-state index contributed by atoms with van der Waals surface area (Å²) in [6, 6.07) is 1.29. The molecule has 224 valence electrons. The van der Waals surface area contributed by atoms with Gasteiger partial charge in [-0.2, -0.15) is 23.4 Å². The number of nitrogens with zero attached hydrogens (tertiary/aromatic N) is 6. The van der Waals surface area contributed by atoms with Gasteiger partial charge < -0.3 is 10.4 Å². The third-order valence-electron chi connectivity index (χ3n) is 8.52. The standard InChI is InChI=1S/C27H36ClF3N8O2/c1-3-38-22(8-9-33-38)25(41)36-23(16-6-4-15(2)5-7-16)21-14-39-26(35-21)34-20(12-28)19(37-39)11-17-10-18(27(29,30)31)13-32-24(17)40/h8-9,14-18,23-24,32,40H,3-7,10-13H2,1-2H3,(H,36,41)/t15?,16?,17-,18-,23+,24?/m1/s1. The number of halogens is 4. The second-order valence-electron chi connectivity index (χ2n) is 11.3. The Morgan fingerprint density at radius 3 is 2.68 bits per heavy atom. The molecule has 1 amide bonds. The summed E-state index contributed by atoms with van der Waals surface area (Å²) in [5, 5.41) is 25.0. The molecule has 4 atom stereocenters. The van der Waals surface area contributed by atoms with E-state index >= 15 is 0 Å². The number of piperidine rings is 1. The van der Waals surface area contributed by atoms with Crippen molar-refractivity contribution in [1.29, 1.82) is 0 Å². The van der Waals surface area contributed by atoms with Crippen LogP contribution in [0.1, 0.15) is 79.6 Å². The SMILES string of the molecule is CCn1nccc1C(=O)N[C@H](c1cn2nc(C[C@H]3C[C@@H](C(F)(F)F)CNC3O)c(CCl)nc2n1)C1CCC(C)CC1. The van der Waals surface area contributed by atoms with E-state index in [2.05, 4.69) is 32.7 Å². The van der Waals surface area contributed by atoms with E-state index in [0.29, 0.717) is 35.2 Å². The van der Waals surface area contributed by atoms with Crippen LogP contribution in [0.3, 0.4) is 0 Å². The maximum Gasteiger partial charge on any atom is 0.393 e. The highest BCUT2D eigenvalue weighted by atomic mass is 35.5. The molecule has 41 heavy (non-hydrogen) atoms. The Morgan fingerprint density at radius 1 is 1.24 bits per heavy atom. The lowest BCUT2D eigenvalue weighted by atomic mass is 9.78. The number of aliphatic hydroxyl groups excluding tert-OH is 1. The van der Waals surface area contributed by atoms with Crippen LogP contribution in [-0.4, -0.2) is 59.3 Å². The van der Waals surface area contributed by atoms with Crippen LogP contribution >= 0.6 is 11.6 Å². The van der Waals surface area contributed by atoms with Gasteiger partial charge in [-0.25, -0.2) is 14.5 Å². The van der Waals surface area contributed by atoms with E-state index in [-0.39, 0.29) is 42.9 Å². The van der Waals surface area contributed by atoms with Crippen molar-refractivity contribution in [3.05, 3.63) is 41.2 Å². The number of nitrogens with one attached hydrogen (secondary N) is 2. The van der Waals surface area contributed by atoms with Gasteiger partial charge >= 0.3 is 6.18 Å². The molecule has 0 aromatic carbocycles. The van der Waals surface area contributed by atoms with Crippen LogP contribution in [0.4, 0.5) is 13.2 Å². The van der Waals surface area contributed by atoms with E-state index in [1.54, 1.807) is 23.1 Å². The quantitative estimate of drug-likeness (QED) is 0.336. The summed E-state index contributed by atoms with van der Waals surface area (Å²) in [4.78, 5) is 22.6. The highest BCUT2D eigenvalue weighted by Gasteiger charge is 2.44. The lowest BCUT2D eigenvalue weighted by Gasteiger charge is -2.35. The number of carbonyl (C=O) groups is 1. The Hall–Kier alpha value is -2.77. The number of hydrogen-bond acceptors (Lipinski definition) is 7. The first-order valence-electron chi connectivity index (χ1n) is 14.2. The Morgan fingerprint density at radius 2 is 2.00 bits per heavy atom. The lowest BCUT2D eigenvalue weighted by Crippen LogP contribution is -2.50. The number of hydrogen-bond donors (Lipinski definition) is 3. The third-order valence-corrected chi connectivity index (χ3v) is 8.78. The average molecular weight is 597 g/mol. The van der Waals surface area contributed by atoms with E-state index in [1.807, 2.05) is 6.92 Å². The van der Waals surface area contributed by atoms with Gasteiger partial charge in [0.1, 0.15) is 11.9 Å². The average Bonchev–Trinajstić information content (AvgIpc) is 3.59.